The van der Waals surface area contributed by atoms with Crippen LogP contribution in [0, 0.1) is 0 Å². The molecule has 6 nitrogen and oxygen atoms in total. The molecular weight excluding hydrogens is 353 g/mol. The molecule has 1 aromatic heterocycles. The van der Waals surface area contributed by atoms with Crippen molar-refractivity contribution in [2.45, 2.75) is 12.6 Å². The van der Waals surface area contributed by atoms with Gasteiger partial charge in [0.05, 0.1) is 17.0 Å². The largest absolute Gasteiger partial charge is 0.489 e. The van der Waals surface area contributed by atoms with Gasteiger partial charge in [-0.2, -0.15) is 0 Å². The van der Waals surface area contributed by atoms with Gasteiger partial charge in [0.1, 0.15) is 24.0 Å². The number of hydrogen-bond acceptors (Lipinski definition) is 5. The first kappa shape index (κ1) is 16.7. The minimum atomic E-state index is -0.954. The molecule has 0 aliphatic heterocycles. The van der Waals surface area contributed by atoms with E-state index >= 15 is 0 Å². The molecule has 0 radical (unpaired) electrons. The van der Waals surface area contributed by atoms with Crippen LogP contribution in [0.3, 0.4) is 0 Å². The summed E-state index contributed by atoms with van der Waals surface area (Å²) in [5.41, 5.74) is 0.196. The average molecular weight is 366 g/mol. The van der Waals surface area contributed by atoms with E-state index in [0.717, 1.165) is 4.68 Å². The van der Waals surface area contributed by atoms with Gasteiger partial charge in [0.25, 0.3) is 5.56 Å². The zero-order valence-corrected chi connectivity index (χ0v) is 13.9. The molecule has 0 unspecified atom stereocenters. The van der Waals surface area contributed by atoms with Gasteiger partial charge in [0.2, 0.25) is 0 Å². The summed E-state index contributed by atoms with van der Waals surface area (Å²) >= 11 is 11.8. The topological polar surface area (TPSA) is 77.2 Å². The van der Waals surface area contributed by atoms with Crippen LogP contribution in [0.5, 0.6) is 5.75 Å². The Bertz CT molecular complexity index is 930. The van der Waals surface area contributed by atoms with Crippen LogP contribution in [0.2, 0.25) is 10.0 Å². The van der Waals surface area contributed by atoms with E-state index in [1.54, 1.807) is 42.5 Å². The molecule has 0 bridgehead atoms. The van der Waals surface area contributed by atoms with E-state index in [2.05, 4.69) is 10.3 Å². The highest BCUT2D eigenvalue weighted by atomic mass is 35.5. The van der Waals surface area contributed by atoms with Crippen LogP contribution in [0.4, 0.5) is 0 Å². The highest BCUT2D eigenvalue weighted by Crippen LogP contribution is 2.27. The summed E-state index contributed by atoms with van der Waals surface area (Å²) in [6, 6.07) is 11.7. The monoisotopic (exact) mass is 365 g/mol. The van der Waals surface area contributed by atoms with Crippen molar-refractivity contribution in [3.8, 4) is 5.75 Å². The maximum absolute atomic E-state index is 12.3. The number of aliphatic hydroxyl groups is 1. The minimum Gasteiger partial charge on any atom is -0.489 e. The van der Waals surface area contributed by atoms with Crippen molar-refractivity contribution in [3.05, 3.63) is 62.9 Å². The predicted molar refractivity (Wildman–Crippen MR) is 91.8 cm³/mol. The SMILES string of the molecule is O=c1c2ccccc2nnn1C[C@@H](O)COc1ccc(Cl)cc1Cl. The molecule has 0 saturated heterocycles. The van der Waals surface area contributed by atoms with E-state index in [-0.39, 0.29) is 18.7 Å². The molecule has 0 saturated carbocycles. The molecular formula is C16H13Cl2N3O3. The lowest BCUT2D eigenvalue weighted by molar-refractivity contribution is 0.0873. The van der Waals surface area contributed by atoms with Crippen molar-refractivity contribution in [2.24, 2.45) is 0 Å². The number of ether oxygens (including phenoxy) is 1. The van der Waals surface area contributed by atoms with Crippen LogP contribution in [0.1, 0.15) is 0 Å². The van der Waals surface area contributed by atoms with Gasteiger partial charge in [-0.25, -0.2) is 4.68 Å². The summed E-state index contributed by atoms with van der Waals surface area (Å²) in [5.74, 6) is 0.400. The number of hydrogen-bond donors (Lipinski definition) is 1. The predicted octanol–water partition coefficient (Wildman–Crippen LogP) is 2.54. The summed E-state index contributed by atoms with van der Waals surface area (Å²) in [6.45, 7) is -0.0931. The zero-order valence-electron chi connectivity index (χ0n) is 12.4. The summed E-state index contributed by atoms with van der Waals surface area (Å²) < 4.78 is 6.56. The van der Waals surface area contributed by atoms with E-state index in [1.807, 2.05) is 0 Å². The van der Waals surface area contributed by atoms with Crippen LogP contribution >= 0.6 is 23.2 Å². The highest BCUT2D eigenvalue weighted by molar-refractivity contribution is 6.35. The molecule has 3 aromatic rings. The van der Waals surface area contributed by atoms with Crippen LogP contribution in [-0.2, 0) is 6.54 Å². The second-order valence-electron chi connectivity index (χ2n) is 5.13. The minimum absolute atomic E-state index is 0.0398. The average Bonchev–Trinajstić information content (AvgIpc) is 2.57. The maximum atomic E-state index is 12.3. The maximum Gasteiger partial charge on any atom is 0.277 e. The van der Waals surface area contributed by atoms with Gasteiger partial charge in [0.15, 0.2) is 0 Å². The second kappa shape index (κ2) is 7.17. The Labute approximate surface area is 147 Å². The Hall–Kier alpha value is -2.15. The Balaban J connectivity index is 1.70. The van der Waals surface area contributed by atoms with Gasteiger partial charge in [-0.1, -0.05) is 40.5 Å². The molecule has 0 amide bonds. The normalized spacial score (nSPS) is 12.3. The summed E-state index contributed by atoms with van der Waals surface area (Å²) in [5, 5.41) is 19.2. The lowest BCUT2D eigenvalue weighted by Gasteiger charge is -2.14. The van der Waals surface area contributed by atoms with E-state index in [1.165, 1.54) is 0 Å². The zero-order chi connectivity index (χ0) is 17.1. The third kappa shape index (κ3) is 3.67. The number of rotatable bonds is 5. The van der Waals surface area contributed by atoms with Gasteiger partial charge in [-0.3, -0.25) is 4.79 Å². The van der Waals surface area contributed by atoms with Gasteiger partial charge < -0.3 is 9.84 Å². The van der Waals surface area contributed by atoms with E-state index in [0.29, 0.717) is 26.7 Å². The fourth-order valence-corrected chi connectivity index (χ4v) is 2.64. The van der Waals surface area contributed by atoms with Crippen molar-refractivity contribution in [1.29, 1.82) is 0 Å². The summed E-state index contributed by atoms with van der Waals surface area (Å²) in [4.78, 5) is 12.3. The number of aromatic nitrogens is 3. The third-order valence-electron chi connectivity index (χ3n) is 3.34. The molecule has 0 fully saturated rings. The second-order valence-corrected chi connectivity index (χ2v) is 5.98. The number of halogens is 2. The molecule has 1 atom stereocenters. The molecule has 124 valence electrons. The number of benzene rings is 2. The third-order valence-corrected chi connectivity index (χ3v) is 3.87. The molecule has 1 heterocycles. The molecule has 0 aliphatic carbocycles. The molecule has 3 rings (SSSR count). The number of nitrogens with zero attached hydrogens (tertiary/aromatic N) is 3. The van der Waals surface area contributed by atoms with Crippen LogP contribution in [0.25, 0.3) is 10.9 Å². The first-order valence-corrected chi connectivity index (χ1v) is 7.88. The fourth-order valence-electron chi connectivity index (χ4n) is 2.17. The van der Waals surface area contributed by atoms with E-state index < -0.39 is 6.10 Å². The van der Waals surface area contributed by atoms with Crippen LogP contribution in [0.15, 0.2) is 47.3 Å². The number of aliphatic hydroxyl groups excluding tert-OH is 1. The highest BCUT2D eigenvalue weighted by Gasteiger charge is 2.12. The Morgan fingerprint density at radius 3 is 2.79 bits per heavy atom. The van der Waals surface area contributed by atoms with Crippen LogP contribution in [-0.4, -0.2) is 32.8 Å². The van der Waals surface area contributed by atoms with Gasteiger partial charge >= 0.3 is 0 Å². The van der Waals surface area contributed by atoms with Gasteiger partial charge in [-0.05, 0) is 30.3 Å². The molecule has 1 N–H and O–H groups in total. The van der Waals surface area contributed by atoms with Crippen molar-refractivity contribution >= 4 is 34.1 Å². The van der Waals surface area contributed by atoms with Gasteiger partial charge in [0, 0.05) is 5.02 Å². The first-order valence-electron chi connectivity index (χ1n) is 7.13. The van der Waals surface area contributed by atoms with Crippen LogP contribution < -0.4 is 10.3 Å². The Morgan fingerprint density at radius 1 is 1.21 bits per heavy atom. The lowest BCUT2D eigenvalue weighted by Crippen LogP contribution is -2.32. The van der Waals surface area contributed by atoms with Gasteiger partial charge in [-0.15, -0.1) is 5.10 Å². The molecule has 0 aliphatic rings. The summed E-state index contributed by atoms with van der Waals surface area (Å²) in [6.07, 6.45) is -0.954. The van der Waals surface area contributed by atoms with Crippen molar-refractivity contribution < 1.29 is 9.84 Å². The standard InChI is InChI=1S/C16H13Cl2N3O3/c17-10-5-6-15(13(18)7-10)24-9-11(22)8-21-16(23)12-3-1-2-4-14(12)19-20-21/h1-7,11,22H,8-9H2/t11-/m1/s1. The van der Waals surface area contributed by atoms with Crippen molar-refractivity contribution in [2.75, 3.05) is 6.61 Å². The Kier molecular flexibility index (Phi) is 4.99. The Morgan fingerprint density at radius 2 is 2.00 bits per heavy atom. The number of fused-ring (bicyclic) bond motifs is 1. The quantitative estimate of drug-likeness (QED) is 0.751. The molecule has 2 aromatic carbocycles. The molecule has 0 spiro atoms. The van der Waals surface area contributed by atoms with Crippen molar-refractivity contribution in [3.63, 3.8) is 0 Å². The first-order chi connectivity index (χ1) is 11.5. The molecule has 8 heteroatoms. The summed E-state index contributed by atoms with van der Waals surface area (Å²) in [7, 11) is 0. The smallest absolute Gasteiger partial charge is 0.277 e. The van der Waals surface area contributed by atoms with E-state index in [9.17, 15) is 9.90 Å². The fraction of sp³-hybridized carbons (Fsp3) is 0.188. The lowest BCUT2D eigenvalue weighted by atomic mass is 10.2. The van der Waals surface area contributed by atoms with Crippen molar-refractivity contribution in [1.82, 2.24) is 15.0 Å². The van der Waals surface area contributed by atoms with E-state index in [4.69, 9.17) is 27.9 Å². The molecule has 24 heavy (non-hydrogen) atoms.